The number of carbonyl (C=O) groups excluding carboxylic acids is 1. The van der Waals surface area contributed by atoms with E-state index in [1.807, 2.05) is 4.90 Å². The molecule has 102 valence electrons. The van der Waals surface area contributed by atoms with E-state index in [9.17, 15) is 4.79 Å². The second-order valence-corrected chi connectivity index (χ2v) is 5.62. The van der Waals surface area contributed by atoms with Crippen LogP contribution in [-0.4, -0.2) is 53.5 Å². The molecular formula is C14H25N3O. The first-order valence-corrected chi connectivity index (χ1v) is 7.04. The van der Waals surface area contributed by atoms with Gasteiger partial charge in [0.25, 0.3) is 0 Å². The summed E-state index contributed by atoms with van der Waals surface area (Å²) >= 11 is 0. The van der Waals surface area contributed by atoms with Gasteiger partial charge in [0, 0.05) is 25.2 Å². The molecule has 4 nitrogen and oxygen atoms in total. The van der Waals surface area contributed by atoms with E-state index in [1.165, 1.54) is 25.8 Å². The molecule has 0 aliphatic carbocycles. The highest BCUT2D eigenvalue weighted by Gasteiger charge is 2.36. The van der Waals surface area contributed by atoms with Crippen LogP contribution < -0.4 is 5.73 Å². The fourth-order valence-corrected chi connectivity index (χ4v) is 3.15. The largest absolute Gasteiger partial charge is 0.336 e. The number of nitrogens with zero attached hydrogens (tertiary/aromatic N) is 2. The van der Waals surface area contributed by atoms with Crippen LogP contribution in [0, 0.1) is 0 Å². The van der Waals surface area contributed by atoms with E-state index in [-0.39, 0.29) is 11.9 Å². The Labute approximate surface area is 110 Å². The summed E-state index contributed by atoms with van der Waals surface area (Å²) in [7, 11) is 0. The molecule has 0 aromatic rings. The zero-order chi connectivity index (χ0) is 13.1. The molecular weight excluding hydrogens is 226 g/mol. The SMILES string of the molecule is C=CCC(N)C(=O)N1CC2CCCCN2CC1C. The summed E-state index contributed by atoms with van der Waals surface area (Å²) in [6.07, 6.45) is 6.09. The van der Waals surface area contributed by atoms with Crippen LogP contribution in [-0.2, 0) is 4.79 Å². The third-order valence-electron chi connectivity index (χ3n) is 4.21. The number of rotatable bonds is 3. The monoisotopic (exact) mass is 251 g/mol. The molecule has 2 saturated heterocycles. The van der Waals surface area contributed by atoms with Crippen molar-refractivity contribution in [1.29, 1.82) is 0 Å². The Morgan fingerprint density at radius 3 is 3.00 bits per heavy atom. The molecule has 0 aromatic carbocycles. The first-order chi connectivity index (χ1) is 8.63. The molecule has 2 N–H and O–H groups in total. The second-order valence-electron chi connectivity index (χ2n) is 5.62. The fraction of sp³-hybridized carbons (Fsp3) is 0.786. The maximum Gasteiger partial charge on any atom is 0.240 e. The normalized spacial score (nSPS) is 30.7. The van der Waals surface area contributed by atoms with E-state index in [0.29, 0.717) is 12.5 Å². The van der Waals surface area contributed by atoms with Gasteiger partial charge in [-0.2, -0.15) is 0 Å². The van der Waals surface area contributed by atoms with E-state index in [0.717, 1.165) is 13.1 Å². The molecule has 2 rings (SSSR count). The number of hydrogen-bond donors (Lipinski definition) is 1. The maximum atomic E-state index is 12.3. The van der Waals surface area contributed by atoms with Crippen molar-refractivity contribution in [3.05, 3.63) is 12.7 Å². The topological polar surface area (TPSA) is 49.6 Å². The van der Waals surface area contributed by atoms with Gasteiger partial charge in [-0.05, 0) is 32.7 Å². The Bertz CT molecular complexity index is 318. The average molecular weight is 251 g/mol. The maximum absolute atomic E-state index is 12.3. The Morgan fingerprint density at radius 2 is 2.28 bits per heavy atom. The first-order valence-electron chi connectivity index (χ1n) is 7.04. The van der Waals surface area contributed by atoms with Gasteiger partial charge >= 0.3 is 0 Å². The molecule has 3 atom stereocenters. The minimum absolute atomic E-state index is 0.0904. The molecule has 2 heterocycles. The minimum atomic E-state index is -0.417. The van der Waals surface area contributed by atoms with Crippen LogP contribution in [0.1, 0.15) is 32.6 Å². The fourth-order valence-electron chi connectivity index (χ4n) is 3.15. The standard InChI is InChI=1S/C14H25N3O/c1-3-6-13(15)14(18)17-10-12-7-4-5-8-16(12)9-11(17)2/h3,11-13H,1,4-10,15H2,2H3. The smallest absolute Gasteiger partial charge is 0.240 e. The number of carbonyl (C=O) groups is 1. The van der Waals surface area contributed by atoms with E-state index < -0.39 is 6.04 Å². The van der Waals surface area contributed by atoms with E-state index >= 15 is 0 Å². The molecule has 0 spiro atoms. The number of piperazine rings is 1. The zero-order valence-corrected chi connectivity index (χ0v) is 11.3. The van der Waals surface area contributed by atoms with Crippen molar-refractivity contribution in [2.45, 2.75) is 50.7 Å². The van der Waals surface area contributed by atoms with Gasteiger partial charge < -0.3 is 10.6 Å². The van der Waals surface area contributed by atoms with Crippen LogP contribution in [0.15, 0.2) is 12.7 Å². The van der Waals surface area contributed by atoms with Crippen molar-refractivity contribution in [3.8, 4) is 0 Å². The number of hydrogen-bond acceptors (Lipinski definition) is 3. The molecule has 0 bridgehead atoms. The third kappa shape index (κ3) is 2.75. The summed E-state index contributed by atoms with van der Waals surface area (Å²) in [4.78, 5) is 16.8. The van der Waals surface area contributed by atoms with Crippen molar-refractivity contribution in [2.24, 2.45) is 5.73 Å². The van der Waals surface area contributed by atoms with Crippen LogP contribution in [0.3, 0.4) is 0 Å². The van der Waals surface area contributed by atoms with Gasteiger partial charge in [0.05, 0.1) is 6.04 Å². The summed E-state index contributed by atoms with van der Waals surface area (Å²) in [6, 6.07) is 0.414. The Kier molecular flexibility index (Phi) is 4.40. The molecule has 2 fully saturated rings. The summed E-state index contributed by atoms with van der Waals surface area (Å²) in [5.41, 5.74) is 5.91. The molecule has 18 heavy (non-hydrogen) atoms. The lowest BCUT2D eigenvalue weighted by atomic mass is 9.96. The number of amides is 1. The lowest BCUT2D eigenvalue weighted by Gasteiger charge is -2.48. The van der Waals surface area contributed by atoms with Gasteiger partial charge in [-0.15, -0.1) is 6.58 Å². The Morgan fingerprint density at radius 1 is 1.50 bits per heavy atom. The van der Waals surface area contributed by atoms with Crippen LogP contribution in [0.25, 0.3) is 0 Å². The molecule has 3 unspecified atom stereocenters. The lowest BCUT2D eigenvalue weighted by molar-refractivity contribution is -0.139. The lowest BCUT2D eigenvalue weighted by Crippen LogP contribution is -2.62. The van der Waals surface area contributed by atoms with Crippen LogP contribution in [0.5, 0.6) is 0 Å². The molecule has 0 saturated carbocycles. The highest BCUT2D eigenvalue weighted by atomic mass is 16.2. The van der Waals surface area contributed by atoms with E-state index in [1.54, 1.807) is 6.08 Å². The van der Waals surface area contributed by atoms with Crippen LogP contribution in [0.2, 0.25) is 0 Å². The first kappa shape index (κ1) is 13.6. The molecule has 0 aromatic heterocycles. The third-order valence-corrected chi connectivity index (χ3v) is 4.21. The van der Waals surface area contributed by atoms with Crippen molar-refractivity contribution in [3.63, 3.8) is 0 Å². The summed E-state index contributed by atoms with van der Waals surface area (Å²) in [6.45, 7) is 8.82. The van der Waals surface area contributed by atoms with Crippen molar-refractivity contribution in [1.82, 2.24) is 9.80 Å². The molecule has 1 amide bonds. The van der Waals surface area contributed by atoms with Gasteiger partial charge in [-0.3, -0.25) is 9.69 Å². The van der Waals surface area contributed by atoms with E-state index in [2.05, 4.69) is 18.4 Å². The second kappa shape index (κ2) is 5.85. The van der Waals surface area contributed by atoms with E-state index in [4.69, 9.17) is 5.73 Å². The predicted molar refractivity (Wildman–Crippen MR) is 73.2 cm³/mol. The molecule has 0 radical (unpaired) electrons. The Hall–Kier alpha value is -0.870. The van der Waals surface area contributed by atoms with Crippen molar-refractivity contribution < 1.29 is 4.79 Å². The van der Waals surface area contributed by atoms with Gasteiger partial charge in [0.2, 0.25) is 5.91 Å². The van der Waals surface area contributed by atoms with Crippen molar-refractivity contribution >= 4 is 5.91 Å². The molecule has 2 aliphatic heterocycles. The van der Waals surface area contributed by atoms with Crippen LogP contribution >= 0.6 is 0 Å². The number of piperidine rings is 1. The predicted octanol–water partition coefficient (Wildman–Crippen LogP) is 0.975. The van der Waals surface area contributed by atoms with Gasteiger partial charge in [0.15, 0.2) is 0 Å². The van der Waals surface area contributed by atoms with Crippen LogP contribution in [0.4, 0.5) is 0 Å². The summed E-state index contributed by atoms with van der Waals surface area (Å²) < 4.78 is 0. The van der Waals surface area contributed by atoms with Crippen molar-refractivity contribution in [2.75, 3.05) is 19.6 Å². The number of nitrogens with two attached hydrogens (primary N) is 1. The summed E-state index contributed by atoms with van der Waals surface area (Å²) in [5, 5.41) is 0. The average Bonchev–Trinajstić information content (AvgIpc) is 2.37. The highest BCUT2D eigenvalue weighted by Crippen LogP contribution is 2.24. The zero-order valence-electron chi connectivity index (χ0n) is 11.3. The molecule has 4 heteroatoms. The Balaban J connectivity index is 2.00. The van der Waals surface area contributed by atoms with Gasteiger partial charge in [-0.1, -0.05) is 12.5 Å². The minimum Gasteiger partial charge on any atom is -0.336 e. The number of fused-ring (bicyclic) bond motifs is 1. The highest BCUT2D eigenvalue weighted by molar-refractivity contribution is 5.82. The quantitative estimate of drug-likeness (QED) is 0.761. The van der Waals surface area contributed by atoms with Gasteiger partial charge in [0.1, 0.15) is 0 Å². The van der Waals surface area contributed by atoms with Gasteiger partial charge in [-0.25, -0.2) is 0 Å². The molecule has 2 aliphatic rings. The summed E-state index contributed by atoms with van der Waals surface area (Å²) in [5.74, 6) is 0.0904.